The number of nitriles is 1. The van der Waals surface area contributed by atoms with Gasteiger partial charge in [-0.05, 0) is 24.3 Å². The lowest BCUT2D eigenvalue weighted by atomic mass is 10.1. The Balaban J connectivity index is 2.30. The number of hydrogen-bond donors (Lipinski definition) is 1. The molecule has 0 aliphatic heterocycles. The minimum absolute atomic E-state index is 0.00525. The maximum Gasteiger partial charge on any atom is 0.269 e. The van der Waals surface area contributed by atoms with Crippen molar-refractivity contribution in [3.05, 3.63) is 57.8 Å². The van der Waals surface area contributed by atoms with Crippen LogP contribution in [0.2, 0.25) is 0 Å². The summed E-state index contributed by atoms with van der Waals surface area (Å²) in [6.45, 7) is 0. The number of nitrogens with two attached hydrogens (primary N) is 1. The fourth-order valence-electron chi connectivity index (χ4n) is 1.63. The highest BCUT2D eigenvalue weighted by molar-refractivity contribution is 7.80. The van der Waals surface area contributed by atoms with E-state index in [9.17, 15) is 10.1 Å². The van der Waals surface area contributed by atoms with Gasteiger partial charge in [-0.25, -0.2) is 0 Å². The first kappa shape index (κ1) is 14.4. The van der Waals surface area contributed by atoms with Crippen LogP contribution >= 0.6 is 12.2 Å². The second kappa shape index (κ2) is 5.98. The summed E-state index contributed by atoms with van der Waals surface area (Å²) in [6, 6.07) is 11.2. The Hall–Kier alpha value is -2.98. The molecule has 0 amide bonds. The van der Waals surface area contributed by atoms with Gasteiger partial charge in [0.1, 0.15) is 22.6 Å². The van der Waals surface area contributed by atoms with Crippen molar-refractivity contribution in [3.63, 3.8) is 0 Å². The smallest absolute Gasteiger partial charge is 0.269 e. The van der Waals surface area contributed by atoms with Crippen molar-refractivity contribution < 1.29 is 9.34 Å². The Labute approximate surface area is 125 Å². The average Bonchev–Trinajstić information content (AvgIpc) is 2.93. The number of rotatable bonds is 4. The molecule has 2 rings (SSSR count). The summed E-state index contributed by atoms with van der Waals surface area (Å²) in [6.07, 6.45) is 1.44. The van der Waals surface area contributed by atoms with Gasteiger partial charge in [0.2, 0.25) is 0 Å². The Morgan fingerprint density at radius 2 is 2.00 bits per heavy atom. The third-order valence-corrected chi connectivity index (χ3v) is 2.88. The van der Waals surface area contributed by atoms with Gasteiger partial charge in [-0.3, -0.25) is 10.1 Å². The van der Waals surface area contributed by atoms with Crippen molar-refractivity contribution in [2.24, 2.45) is 5.73 Å². The average molecular weight is 299 g/mol. The first-order valence-electron chi connectivity index (χ1n) is 5.77. The highest BCUT2D eigenvalue weighted by Crippen LogP contribution is 2.25. The zero-order valence-corrected chi connectivity index (χ0v) is 11.5. The van der Waals surface area contributed by atoms with Gasteiger partial charge in [-0.2, -0.15) is 5.26 Å². The van der Waals surface area contributed by atoms with Crippen LogP contribution in [0.3, 0.4) is 0 Å². The molecule has 7 heteroatoms. The molecule has 0 unspecified atom stereocenters. The van der Waals surface area contributed by atoms with Gasteiger partial charge in [0, 0.05) is 23.8 Å². The van der Waals surface area contributed by atoms with Gasteiger partial charge >= 0.3 is 0 Å². The molecule has 0 atom stereocenters. The van der Waals surface area contributed by atoms with Crippen LogP contribution in [0.1, 0.15) is 5.76 Å². The Bertz CT molecular complexity index is 770. The third kappa shape index (κ3) is 3.32. The van der Waals surface area contributed by atoms with E-state index in [4.69, 9.17) is 27.6 Å². The molecular formula is C14H9N3O3S. The molecule has 21 heavy (non-hydrogen) atoms. The standard InChI is InChI=1S/C14H9N3O3S/c15-8-10(14(16)21)7-12-5-6-13(20-12)9-1-3-11(4-2-9)17(18)19/h1-7H,(H2,16,21). The number of thiocarbonyl (C=S) groups is 1. The molecule has 0 bridgehead atoms. The largest absolute Gasteiger partial charge is 0.457 e. The first-order chi connectivity index (χ1) is 10.0. The summed E-state index contributed by atoms with van der Waals surface area (Å²) in [4.78, 5) is 10.1. The second-order valence-corrected chi connectivity index (χ2v) is 4.48. The lowest BCUT2D eigenvalue weighted by Crippen LogP contribution is -2.09. The van der Waals surface area contributed by atoms with E-state index in [2.05, 4.69) is 0 Å². The van der Waals surface area contributed by atoms with Crippen LogP contribution in [-0.2, 0) is 0 Å². The van der Waals surface area contributed by atoms with Crippen LogP contribution in [0, 0.1) is 21.4 Å². The number of nitrogens with zero attached hydrogens (tertiary/aromatic N) is 2. The van der Waals surface area contributed by atoms with Crippen LogP contribution in [0.25, 0.3) is 17.4 Å². The Morgan fingerprint density at radius 1 is 1.33 bits per heavy atom. The van der Waals surface area contributed by atoms with Crippen LogP contribution in [0.5, 0.6) is 0 Å². The van der Waals surface area contributed by atoms with E-state index in [0.717, 1.165) is 0 Å². The SMILES string of the molecule is N#CC(=Cc1ccc(-c2ccc([N+](=O)[O-])cc2)o1)C(N)=S. The maximum absolute atomic E-state index is 10.6. The molecule has 6 nitrogen and oxygen atoms in total. The lowest BCUT2D eigenvalue weighted by molar-refractivity contribution is -0.384. The Kier molecular flexibility index (Phi) is 4.11. The highest BCUT2D eigenvalue weighted by Gasteiger charge is 2.08. The van der Waals surface area contributed by atoms with Crippen molar-refractivity contribution >= 4 is 29.0 Å². The topological polar surface area (TPSA) is 106 Å². The van der Waals surface area contributed by atoms with Gasteiger partial charge < -0.3 is 10.2 Å². The number of furan rings is 1. The lowest BCUT2D eigenvalue weighted by Gasteiger charge is -1.97. The summed E-state index contributed by atoms with van der Waals surface area (Å²) in [5.74, 6) is 0.948. The highest BCUT2D eigenvalue weighted by atomic mass is 32.1. The van der Waals surface area contributed by atoms with E-state index in [0.29, 0.717) is 17.1 Å². The van der Waals surface area contributed by atoms with Crippen molar-refractivity contribution in [3.8, 4) is 17.4 Å². The van der Waals surface area contributed by atoms with E-state index in [-0.39, 0.29) is 16.2 Å². The van der Waals surface area contributed by atoms with Crippen molar-refractivity contribution in [1.29, 1.82) is 5.26 Å². The van der Waals surface area contributed by atoms with Crippen LogP contribution in [-0.4, -0.2) is 9.91 Å². The first-order valence-corrected chi connectivity index (χ1v) is 6.18. The molecule has 0 aliphatic carbocycles. The van der Waals surface area contributed by atoms with E-state index >= 15 is 0 Å². The maximum atomic E-state index is 10.6. The summed E-state index contributed by atoms with van der Waals surface area (Å²) in [5, 5.41) is 19.5. The summed E-state index contributed by atoms with van der Waals surface area (Å²) in [7, 11) is 0. The molecule has 0 spiro atoms. The zero-order chi connectivity index (χ0) is 15.4. The van der Waals surface area contributed by atoms with Crippen molar-refractivity contribution in [2.75, 3.05) is 0 Å². The molecule has 0 fully saturated rings. The van der Waals surface area contributed by atoms with Crippen LogP contribution < -0.4 is 5.73 Å². The number of non-ortho nitro benzene ring substituents is 1. The van der Waals surface area contributed by atoms with Gasteiger partial charge in [-0.1, -0.05) is 12.2 Å². The molecule has 2 aromatic rings. The number of nitro benzene ring substituents is 1. The number of benzene rings is 1. The fourth-order valence-corrected chi connectivity index (χ4v) is 1.74. The summed E-state index contributed by atoms with van der Waals surface area (Å²) in [5.41, 5.74) is 6.24. The normalized spacial score (nSPS) is 10.9. The van der Waals surface area contributed by atoms with E-state index in [1.54, 1.807) is 24.3 Å². The quantitative estimate of drug-likeness (QED) is 0.306. The summed E-state index contributed by atoms with van der Waals surface area (Å²) >= 11 is 4.74. The summed E-state index contributed by atoms with van der Waals surface area (Å²) < 4.78 is 5.54. The molecule has 0 saturated heterocycles. The van der Waals surface area contributed by atoms with Crippen molar-refractivity contribution in [2.45, 2.75) is 0 Å². The predicted molar refractivity (Wildman–Crippen MR) is 81.2 cm³/mol. The number of nitro groups is 1. The van der Waals surface area contributed by atoms with Crippen molar-refractivity contribution in [1.82, 2.24) is 0 Å². The van der Waals surface area contributed by atoms with E-state index in [1.807, 2.05) is 6.07 Å². The molecule has 0 radical (unpaired) electrons. The van der Waals surface area contributed by atoms with Gasteiger partial charge in [0.25, 0.3) is 5.69 Å². The van der Waals surface area contributed by atoms with Gasteiger partial charge in [0.05, 0.1) is 10.5 Å². The van der Waals surface area contributed by atoms with E-state index in [1.165, 1.54) is 18.2 Å². The second-order valence-electron chi connectivity index (χ2n) is 4.04. The molecule has 1 aromatic heterocycles. The van der Waals surface area contributed by atoms with Gasteiger partial charge in [-0.15, -0.1) is 0 Å². The zero-order valence-electron chi connectivity index (χ0n) is 10.6. The van der Waals surface area contributed by atoms with Gasteiger partial charge in [0.15, 0.2) is 0 Å². The minimum Gasteiger partial charge on any atom is -0.457 e. The Morgan fingerprint density at radius 3 is 2.52 bits per heavy atom. The monoisotopic (exact) mass is 299 g/mol. The molecular weight excluding hydrogens is 290 g/mol. The molecule has 1 aromatic carbocycles. The molecule has 0 aliphatic rings. The molecule has 1 heterocycles. The third-order valence-electron chi connectivity index (χ3n) is 2.66. The fraction of sp³-hybridized carbons (Fsp3) is 0. The molecule has 2 N–H and O–H groups in total. The predicted octanol–water partition coefficient (Wildman–Crippen LogP) is 3.05. The molecule has 0 saturated carbocycles. The number of hydrogen-bond acceptors (Lipinski definition) is 5. The van der Waals surface area contributed by atoms with Crippen LogP contribution in [0.15, 0.2) is 46.4 Å². The van der Waals surface area contributed by atoms with E-state index < -0.39 is 4.92 Å². The van der Waals surface area contributed by atoms with Crippen LogP contribution in [0.4, 0.5) is 5.69 Å². The minimum atomic E-state index is -0.471. The molecule has 104 valence electrons.